The summed E-state index contributed by atoms with van der Waals surface area (Å²) in [6, 6.07) is 5.65. The molecule has 0 radical (unpaired) electrons. The number of fused-ring (bicyclic) bond motifs is 1. The van der Waals surface area contributed by atoms with Crippen LogP contribution in [0.2, 0.25) is 5.02 Å². The van der Waals surface area contributed by atoms with Gasteiger partial charge in [0, 0.05) is 27.7 Å². The monoisotopic (exact) mass is 219 g/mol. The van der Waals surface area contributed by atoms with Crippen molar-refractivity contribution in [3.8, 4) is 0 Å². The zero-order valence-electron chi connectivity index (χ0n) is 8.25. The molecule has 2 nitrogen and oxygen atoms in total. The fourth-order valence-electron chi connectivity index (χ4n) is 1.52. The molecule has 0 saturated carbocycles. The van der Waals surface area contributed by atoms with E-state index in [4.69, 9.17) is 11.6 Å². The van der Waals surface area contributed by atoms with E-state index in [0.29, 0.717) is 10.6 Å². The predicted molar refractivity (Wildman–Crippen MR) is 63.0 cm³/mol. The molecule has 0 amide bonds. The Bertz CT molecular complexity index is 540. The van der Waals surface area contributed by atoms with Gasteiger partial charge in [0.2, 0.25) is 0 Å². The Kier molecular flexibility index (Phi) is 2.60. The number of carbonyl (C=O) groups is 1. The number of hydrogen-bond acceptors (Lipinski definition) is 1. The minimum absolute atomic E-state index is 0.700. The third kappa shape index (κ3) is 1.95. The summed E-state index contributed by atoms with van der Waals surface area (Å²) < 4.78 is 0. The van der Waals surface area contributed by atoms with Gasteiger partial charge in [-0.3, -0.25) is 4.79 Å². The van der Waals surface area contributed by atoms with Crippen LogP contribution in [0.5, 0.6) is 0 Å². The Morgan fingerprint density at radius 2 is 2.27 bits per heavy atom. The van der Waals surface area contributed by atoms with Crippen molar-refractivity contribution >= 4 is 34.9 Å². The van der Waals surface area contributed by atoms with Crippen molar-refractivity contribution in [1.82, 2.24) is 4.98 Å². The summed E-state index contributed by atoms with van der Waals surface area (Å²) in [6.45, 7) is 1.78. The molecule has 0 fully saturated rings. The highest BCUT2D eigenvalue weighted by molar-refractivity contribution is 6.31. The number of aromatic amines is 1. The maximum absolute atomic E-state index is 10.5. The van der Waals surface area contributed by atoms with Crippen LogP contribution in [0.15, 0.2) is 30.0 Å². The minimum atomic E-state index is 0.700. The average Bonchev–Trinajstić information content (AvgIpc) is 2.60. The lowest BCUT2D eigenvalue weighted by atomic mass is 10.1. The molecule has 0 unspecified atom stereocenters. The summed E-state index contributed by atoms with van der Waals surface area (Å²) in [7, 11) is 0. The Morgan fingerprint density at radius 3 is 3.00 bits per heavy atom. The molecule has 2 aromatic rings. The van der Waals surface area contributed by atoms with E-state index in [1.54, 1.807) is 6.92 Å². The molecule has 15 heavy (non-hydrogen) atoms. The Hall–Kier alpha value is -1.54. The van der Waals surface area contributed by atoms with Gasteiger partial charge in [0.25, 0.3) is 0 Å². The van der Waals surface area contributed by atoms with Gasteiger partial charge in [-0.2, -0.15) is 0 Å². The van der Waals surface area contributed by atoms with Crippen LogP contribution in [0.3, 0.4) is 0 Å². The van der Waals surface area contributed by atoms with E-state index < -0.39 is 0 Å². The smallest absolute Gasteiger partial charge is 0.145 e. The lowest BCUT2D eigenvalue weighted by molar-refractivity contribution is -0.104. The van der Waals surface area contributed by atoms with Crippen LogP contribution in [-0.4, -0.2) is 11.3 Å². The highest BCUT2D eigenvalue weighted by Crippen LogP contribution is 2.23. The number of H-pyrrole nitrogens is 1. The zero-order valence-corrected chi connectivity index (χ0v) is 9.01. The van der Waals surface area contributed by atoms with Gasteiger partial charge >= 0.3 is 0 Å². The normalized spacial score (nSPS) is 12.0. The maximum Gasteiger partial charge on any atom is 0.145 e. The molecular weight excluding hydrogens is 210 g/mol. The molecule has 0 saturated heterocycles. The first-order valence-corrected chi connectivity index (χ1v) is 4.98. The first-order chi connectivity index (χ1) is 7.20. The molecule has 2 rings (SSSR count). The molecule has 1 N–H and O–H groups in total. The van der Waals surface area contributed by atoms with Crippen molar-refractivity contribution in [2.45, 2.75) is 6.92 Å². The van der Waals surface area contributed by atoms with Crippen LogP contribution in [0, 0.1) is 0 Å². The highest BCUT2D eigenvalue weighted by Gasteiger charge is 2.01. The van der Waals surface area contributed by atoms with Crippen LogP contribution in [0.4, 0.5) is 0 Å². The SMILES string of the molecule is C/C(C=O)=C\c1c[nH]c2cc(Cl)ccc12. The molecule has 76 valence electrons. The van der Waals surface area contributed by atoms with Crippen molar-refractivity contribution in [2.24, 2.45) is 0 Å². The maximum atomic E-state index is 10.5. The molecule has 0 atom stereocenters. The number of hydrogen-bond donors (Lipinski definition) is 1. The van der Waals surface area contributed by atoms with Gasteiger partial charge in [-0.15, -0.1) is 0 Å². The molecule has 0 aliphatic heterocycles. The summed E-state index contributed by atoms with van der Waals surface area (Å²) in [6.07, 6.45) is 4.56. The molecular formula is C12H10ClNO. The van der Waals surface area contributed by atoms with Crippen molar-refractivity contribution in [1.29, 1.82) is 0 Å². The minimum Gasteiger partial charge on any atom is -0.361 e. The summed E-state index contributed by atoms with van der Waals surface area (Å²) in [4.78, 5) is 13.6. The van der Waals surface area contributed by atoms with Gasteiger partial charge in [-0.05, 0) is 30.7 Å². The van der Waals surface area contributed by atoms with E-state index >= 15 is 0 Å². The lowest BCUT2D eigenvalue weighted by Crippen LogP contribution is -1.76. The van der Waals surface area contributed by atoms with Crippen molar-refractivity contribution in [3.05, 3.63) is 40.6 Å². The van der Waals surface area contributed by atoms with Crippen LogP contribution in [0.25, 0.3) is 17.0 Å². The van der Waals surface area contributed by atoms with Crippen molar-refractivity contribution < 1.29 is 4.79 Å². The molecule has 1 aromatic heterocycles. The number of allylic oxidation sites excluding steroid dienone is 1. The van der Waals surface area contributed by atoms with Gasteiger partial charge in [0.15, 0.2) is 0 Å². The van der Waals surface area contributed by atoms with Crippen LogP contribution in [0.1, 0.15) is 12.5 Å². The largest absolute Gasteiger partial charge is 0.361 e. The van der Waals surface area contributed by atoms with Crippen molar-refractivity contribution in [3.63, 3.8) is 0 Å². The van der Waals surface area contributed by atoms with Gasteiger partial charge in [0.1, 0.15) is 6.29 Å². The Morgan fingerprint density at radius 1 is 1.47 bits per heavy atom. The Labute approximate surface area is 92.6 Å². The standard InChI is InChI=1S/C12H10ClNO/c1-8(7-15)4-9-6-14-12-5-10(13)2-3-11(9)12/h2-7,14H,1H3/b8-4+. The summed E-state index contributed by atoms with van der Waals surface area (Å²) in [5, 5.41) is 1.77. The topological polar surface area (TPSA) is 32.9 Å². The second kappa shape index (κ2) is 3.91. The van der Waals surface area contributed by atoms with Gasteiger partial charge in [-0.1, -0.05) is 17.7 Å². The van der Waals surface area contributed by atoms with E-state index in [1.165, 1.54) is 0 Å². The lowest BCUT2D eigenvalue weighted by Gasteiger charge is -1.93. The highest BCUT2D eigenvalue weighted by atomic mass is 35.5. The van der Waals surface area contributed by atoms with Gasteiger partial charge in [0.05, 0.1) is 0 Å². The molecule has 0 aliphatic carbocycles. The first-order valence-electron chi connectivity index (χ1n) is 4.61. The number of aromatic nitrogens is 1. The molecule has 0 aliphatic rings. The van der Waals surface area contributed by atoms with E-state index in [-0.39, 0.29) is 0 Å². The molecule has 0 bridgehead atoms. The quantitative estimate of drug-likeness (QED) is 0.609. The predicted octanol–water partition coefficient (Wildman–Crippen LogP) is 3.42. The summed E-state index contributed by atoms with van der Waals surface area (Å²) in [5.41, 5.74) is 2.68. The number of aldehydes is 1. The van der Waals surface area contributed by atoms with Gasteiger partial charge in [-0.25, -0.2) is 0 Å². The molecule has 0 spiro atoms. The van der Waals surface area contributed by atoms with E-state index in [2.05, 4.69) is 4.98 Å². The third-order valence-electron chi connectivity index (χ3n) is 2.24. The fourth-order valence-corrected chi connectivity index (χ4v) is 1.69. The van der Waals surface area contributed by atoms with Gasteiger partial charge < -0.3 is 4.98 Å². The van der Waals surface area contributed by atoms with E-state index in [1.807, 2.05) is 30.5 Å². The molecule has 1 aromatic carbocycles. The number of halogens is 1. The first kappa shape index (κ1) is 9.99. The number of nitrogens with one attached hydrogen (secondary N) is 1. The van der Waals surface area contributed by atoms with Crippen LogP contribution < -0.4 is 0 Å². The summed E-state index contributed by atoms with van der Waals surface area (Å²) >= 11 is 5.87. The third-order valence-corrected chi connectivity index (χ3v) is 2.48. The molecule has 3 heteroatoms. The number of rotatable bonds is 2. The fraction of sp³-hybridized carbons (Fsp3) is 0.0833. The second-order valence-corrected chi connectivity index (χ2v) is 3.88. The zero-order chi connectivity index (χ0) is 10.8. The number of carbonyl (C=O) groups excluding carboxylic acids is 1. The van der Waals surface area contributed by atoms with Crippen LogP contribution >= 0.6 is 11.6 Å². The summed E-state index contributed by atoms with van der Waals surface area (Å²) in [5.74, 6) is 0. The van der Waals surface area contributed by atoms with E-state index in [9.17, 15) is 4.79 Å². The van der Waals surface area contributed by atoms with E-state index in [0.717, 1.165) is 22.8 Å². The average molecular weight is 220 g/mol. The van der Waals surface area contributed by atoms with Crippen LogP contribution in [-0.2, 0) is 4.79 Å². The Balaban J connectivity index is 2.59. The van der Waals surface area contributed by atoms with Crippen molar-refractivity contribution in [2.75, 3.05) is 0 Å². The molecule has 1 heterocycles. The second-order valence-electron chi connectivity index (χ2n) is 3.44. The number of benzene rings is 1.